The van der Waals surface area contributed by atoms with Gasteiger partial charge in [-0.2, -0.15) is 0 Å². The molecule has 0 aromatic rings. The number of sulfonamides is 1. The van der Waals surface area contributed by atoms with Crippen molar-refractivity contribution in [3.63, 3.8) is 0 Å². The molecule has 0 radical (unpaired) electrons. The van der Waals surface area contributed by atoms with Gasteiger partial charge >= 0.3 is 5.97 Å². The van der Waals surface area contributed by atoms with Gasteiger partial charge in [-0.1, -0.05) is 13.3 Å². The summed E-state index contributed by atoms with van der Waals surface area (Å²) in [7, 11) is -3.15. The Labute approximate surface area is 109 Å². The van der Waals surface area contributed by atoms with E-state index in [1.54, 1.807) is 6.92 Å². The van der Waals surface area contributed by atoms with Crippen LogP contribution in [0.25, 0.3) is 0 Å². The van der Waals surface area contributed by atoms with Gasteiger partial charge in [0.1, 0.15) is 0 Å². The van der Waals surface area contributed by atoms with E-state index in [0.717, 1.165) is 19.3 Å². The van der Waals surface area contributed by atoms with Crippen molar-refractivity contribution in [1.29, 1.82) is 0 Å². The molecular formula is C12H23NO4S. The summed E-state index contributed by atoms with van der Waals surface area (Å²) in [6, 6.07) is -0.116. The predicted molar refractivity (Wildman–Crippen MR) is 69.8 cm³/mol. The molecule has 2 unspecified atom stereocenters. The molecule has 6 heteroatoms. The predicted octanol–water partition coefficient (Wildman–Crippen LogP) is 1.60. The number of carbonyl (C=O) groups is 1. The Kier molecular flexibility index (Phi) is 5.59. The van der Waals surface area contributed by atoms with E-state index in [2.05, 4.69) is 4.72 Å². The van der Waals surface area contributed by atoms with Crippen LogP contribution in [0.1, 0.15) is 46.0 Å². The molecule has 0 amide bonds. The largest absolute Gasteiger partial charge is 0.481 e. The molecule has 5 nitrogen and oxygen atoms in total. The van der Waals surface area contributed by atoms with Gasteiger partial charge in [0.25, 0.3) is 0 Å². The molecule has 2 N–H and O–H groups in total. The number of carboxylic acids is 1. The maximum absolute atomic E-state index is 11.7. The fourth-order valence-electron chi connectivity index (χ4n) is 1.86. The van der Waals surface area contributed by atoms with E-state index in [1.165, 1.54) is 0 Å². The van der Waals surface area contributed by atoms with Gasteiger partial charge in [-0.15, -0.1) is 0 Å². The molecule has 18 heavy (non-hydrogen) atoms. The van der Waals surface area contributed by atoms with Crippen LogP contribution in [0.4, 0.5) is 0 Å². The average molecular weight is 277 g/mol. The molecule has 1 rings (SSSR count). The van der Waals surface area contributed by atoms with Gasteiger partial charge in [-0.05, 0) is 38.5 Å². The van der Waals surface area contributed by atoms with E-state index in [9.17, 15) is 13.2 Å². The van der Waals surface area contributed by atoms with Gasteiger partial charge < -0.3 is 5.11 Å². The zero-order chi connectivity index (χ0) is 13.8. The van der Waals surface area contributed by atoms with Crippen LogP contribution in [-0.4, -0.2) is 31.3 Å². The summed E-state index contributed by atoms with van der Waals surface area (Å²) in [6.45, 7) is 3.50. The van der Waals surface area contributed by atoms with E-state index < -0.39 is 16.0 Å². The van der Waals surface area contributed by atoms with Crippen molar-refractivity contribution in [1.82, 2.24) is 4.72 Å². The molecule has 0 bridgehead atoms. The van der Waals surface area contributed by atoms with Crippen LogP contribution < -0.4 is 4.72 Å². The van der Waals surface area contributed by atoms with Crippen molar-refractivity contribution in [2.45, 2.75) is 52.0 Å². The lowest BCUT2D eigenvalue weighted by molar-refractivity contribution is -0.141. The fourth-order valence-corrected chi connectivity index (χ4v) is 3.64. The van der Waals surface area contributed by atoms with Crippen molar-refractivity contribution >= 4 is 16.0 Å². The Morgan fingerprint density at radius 2 is 1.94 bits per heavy atom. The molecule has 106 valence electrons. The first-order valence-corrected chi connectivity index (χ1v) is 8.18. The lowest BCUT2D eigenvalue weighted by Gasteiger charge is -2.14. The second-order valence-electron chi connectivity index (χ2n) is 5.41. The van der Waals surface area contributed by atoms with Crippen molar-refractivity contribution in [3.05, 3.63) is 0 Å². The zero-order valence-electron chi connectivity index (χ0n) is 11.1. The van der Waals surface area contributed by atoms with Crippen LogP contribution in [0.15, 0.2) is 0 Å². The lowest BCUT2D eigenvalue weighted by atomic mass is 10.0. The maximum Gasteiger partial charge on any atom is 0.306 e. The highest BCUT2D eigenvalue weighted by Crippen LogP contribution is 2.30. The third-order valence-electron chi connectivity index (χ3n) is 3.23. The van der Waals surface area contributed by atoms with E-state index in [-0.39, 0.29) is 17.7 Å². The molecule has 0 aromatic carbocycles. The summed E-state index contributed by atoms with van der Waals surface area (Å²) < 4.78 is 26.0. The number of rotatable bonds is 9. The summed E-state index contributed by atoms with van der Waals surface area (Å²) in [5, 5.41) is 8.73. The maximum atomic E-state index is 11.7. The summed E-state index contributed by atoms with van der Waals surface area (Å²) in [5.74, 6) is -0.568. The summed E-state index contributed by atoms with van der Waals surface area (Å²) in [4.78, 5) is 10.6. The molecule has 0 heterocycles. The molecule has 0 saturated heterocycles. The molecule has 1 fully saturated rings. The first-order valence-electron chi connectivity index (χ1n) is 6.53. The Morgan fingerprint density at radius 1 is 1.33 bits per heavy atom. The van der Waals surface area contributed by atoms with Crippen LogP contribution in [0.3, 0.4) is 0 Å². The van der Waals surface area contributed by atoms with Gasteiger partial charge in [0.2, 0.25) is 10.0 Å². The Hall–Kier alpha value is -0.620. The molecule has 0 aliphatic heterocycles. The SMILES string of the molecule is CC(CCCC(C)C(=O)O)NS(=O)(=O)CC1CC1. The van der Waals surface area contributed by atoms with E-state index in [0.29, 0.717) is 18.8 Å². The number of nitrogens with one attached hydrogen (secondary N) is 1. The van der Waals surface area contributed by atoms with Gasteiger partial charge in [-0.3, -0.25) is 4.79 Å². The number of carboxylic acid groups (broad SMARTS) is 1. The summed E-state index contributed by atoms with van der Waals surface area (Å²) >= 11 is 0. The minimum atomic E-state index is -3.15. The summed E-state index contributed by atoms with van der Waals surface area (Å²) in [5.41, 5.74) is 0. The molecule has 1 aliphatic carbocycles. The average Bonchev–Trinajstić information content (AvgIpc) is 2.99. The second-order valence-corrected chi connectivity index (χ2v) is 7.21. The summed E-state index contributed by atoms with van der Waals surface area (Å²) in [6.07, 6.45) is 4.03. The normalized spacial score (nSPS) is 19.4. The van der Waals surface area contributed by atoms with E-state index in [1.807, 2.05) is 6.92 Å². The van der Waals surface area contributed by atoms with Gasteiger partial charge in [0.05, 0.1) is 11.7 Å². The standard InChI is InChI=1S/C12H23NO4S/c1-9(12(14)15)4-3-5-10(2)13-18(16,17)8-11-6-7-11/h9-11,13H,3-8H2,1-2H3,(H,14,15). The third kappa shape index (κ3) is 6.35. The highest BCUT2D eigenvalue weighted by Gasteiger charge is 2.28. The monoisotopic (exact) mass is 277 g/mol. The quantitative estimate of drug-likeness (QED) is 0.670. The Morgan fingerprint density at radius 3 is 2.44 bits per heavy atom. The molecule has 2 atom stereocenters. The molecular weight excluding hydrogens is 254 g/mol. The molecule has 0 aromatic heterocycles. The Bertz CT molecular complexity index is 376. The first kappa shape index (κ1) is 15.4. The van der Waals surface area contributed by atoms with Crippen LogP contribution >= 0.6 is 0 Å². The zero-order valence-corrected chi connectivity index (χ0v) is 11.9. The smallest absolute Gasteiger partial charge is 0.306 e. The number of aliphatic carboxylic acids is 1. The van der Waals surface area contributed by atoms with Crippen LogP contribution in [0, 0.1) is 11.8 Å². The highest BCUT2D eigenvalue weighted by molar-refractivity contribution is 7.89. The molecule has 1 aliphatic rings. The van der Waals surface area contributed by atoms with E-state index >= 15 is 0 Å². The minimum absolute atomic E-state index is 0.116. The van der Waals surface area contributed by atoms with Crippen molar-refractivity contribution in [2.75, 3.05) is 5.75 Å². The lowest BCUT2D eigenvalue weighted by Crippen LogP contribution is -2.35. The van der Waals surface area contributed by atoms with Gasteiger partial charge in [0.15, 0.2) is 0 Å². The van der Waals surface area contributed by atoms with Crippen molar-refractivity contribution < 1.29 is 18.3 Å². The van der Waals surface area contributed by atoms with Gasteiger partial charge in [0, 0.05) is 6.04 Å². The Balaban J connectivity index is 2.20. The van der Waals surface area contributed by atoms with Gasteiger partial charge in [-0.25, -0.2) is 13.1 Å². The first-order chi connectivity index (χ1) is 8.30. The number of hydrogen-bond acceptors (Lipinski definition) is 3. The molecule has 0 spiro atoms. The molecule has 1 saturated carbocycles. The van der Waals surface area contributed by atoms with Crippen LogP contribution in [0.2, 0.25) is 0 Å². The topological polar surface area (TPSA) is 83.5 Å². The number of hydrogen-bond donors (Lipinski definition) is 2. The van der Waals surface area contributed by atoms with E-state index in [4.69, 9.17) is 5.11 Å². The van der Waals surface area contributed by atoms with Crippen molar-refractivity contribution in [3.8, 4) is 0 Å². The minimum Gasteiger partial charge on any atom is -0.481 e. The highest BCUT2D eigenvalue weighted by atomic mass is 32.2. The van der Waals surface area contributed by atoms with Crippen LogP contribution in [0.5, 0.6) is 0 Å². The third-order valence-corrected chi connectivity index (χ3v) is 4.90. The van der Waals surface area contributed by atoms with Crippen LogP contribution in [-0.2, 0) is 14.8 Å². The van der Waals surface area contributed by atoms with Crippen molar-refractivity contribution in [2.24, 2.45) is 11.8 Å². The second kappa shape index (κ2) is 6.52. The fraction of sp³-hybridized carbons (Fsp3) is 0.917.